The van der Waals surface area contributed by atoms with Crippen LogP contribution < -0.4 is 5.46 Å². The van der Waals surface area contributed by atoms with Gasteiger partial charge in [0.05, 0.1) is 15.7 Å². The third-order valence-corrected chi connectivity index (χ3v) is 5.06. The summed E-state index contributed by atoms with van der Waals surface area (Å²) in [6.45, 7) is 11.2. The van der Waals surface area contributed by atoms with E-state index in [0.717, 1.165) is 0 Å². The van der Waals surface area contributed by atoms with E-state index in [0.29, 0.717) is 21.3 Å². The zero-order valence-corrected chi connectivity index (χ0v) is 17.3. The Balaban J connectivity index is 0.000000228. The van der Waals surface area contributed by atoms with Crippen molar-refractivity contribution in [2.75, 3.05) is 0 Å². The van der Waals surface area contributed by atoms with E-state index in [9.17, 15) is 8.78 Å². The number of hydrogen-bond donors (Lipinski definition) is 0. The van der Waals surface area contributed by atoms with Gasteiger partial charge < -0.3 is 9.31 Å². The number of aromatic nitrogens is 2. The van der Waals surface area contributed by atoms with Gasteiger partial charge in [0.2, 0.25) is 11.9 Å². The zero-order chi connectivity index (χ0) is 19.7. The Morgan fingerprint density at radius 1 is 0.846 bits per heavy atom. The van der Waals surface area contributed by atoms with E-state index >= 15 is 0 Å². The van der Waals surface area contributed by atoms with E-state index < -0.39 is 30.2 Å². The van der Waals surface area contributed by atoms with Crippen molar-refractivity contribution < 1.29 is 18.1 Å². The molecular weight excluding hydrogens is 405 g/mol. The predicted octanol–water partition coefficient (Wildman–Crippen LogP) is 4.12. The molecule has 3 rings (SSSR count). The summed E-state index contributed by atoms with van der Waals surface area (Å²) in [5.41, 5.74) is 0.761. The SMILES string of the molecule is Cc1ccc(B2OC(C)(C)C(C)(C)O2)c(F)n1.Cc1ccc(Br)c(F)n1. The first-order valence-electron chi connectivity index (χ1n) is 8.20. The van der Waals surface area contributed by atoms with Gasteiger partial charge in [-0.3, -0.25) is 0 Å². The Labute approximate surface area is 161 Å². The number of hydrogen-bond acceptors (Lipinski definition) is 4. The lowest BCUT2D eigenvalue weighted by molar-refractivity contribution is 0.00578. The van der Waals surface area contributed by atoms with E-state index in [2.05, 4.69) is 25.9 Å². The van der Waals surface area contributed by atoms with E-state index in [1.165, 1.54) is 0 Å². The molecule has 1 aliphatic heterocycles. The summed E-state index contributed by atoms with van der Waals surface area (Å²) in [7, 11) is -0.687. The monoisotopic (exact) mass is 426 g/mol. The van der Waals surface area contributed by atoms with Crippen LogP contribution in [0, 0.1) is 25.7 Å². The Bertz CT molecular complexity index is 787. The van der Waals surface area contributed by atoms with Crippen LogP contribution in [0.1, 0.15) is 39.1 Å². The Hall–Kier alpha value is -1.38. The molecule has 0 aliphatic carbocycles. The molecule has 0 saturated carbocycles. The second-order valence-corrected chi connectivity index (χ2v) is 8.00. The van der Waals surface area contributed by atoms with Crippen LogP contribution in [0.15, 0.2) is 28.7 Å². The molecule has 2 aromatic rings. The smallest absolute Gasteiger partial charge is 0.399 e. The fourth-order valence-electron chi connectivity index (χ4n) is 2.19. The van der Waals surface area contributed by atoms with Gasteiger partial charge in [0.1, 0.15) is 0 Å². The van der Waals surface area contributed by atoms with Crippen molar-refractivity contribution in [2.45, 2.75) is 52.7 Å². The van der Waals surface area contributed by atoms with Crippen LogP contribution >= 0.6 is 15.9 Å². The van der Waals surface area contributed by atoms with Crippen molar-refractivity contribution in [3.8, 4) is 0 Å². The predicted molar refractivity (Wildman–Crippen MR) is 101 cm³/mol. The highest BCUT2D eigenvalue weighted by atomic mass is 79.9. The molecule has 0 N–H and O–H groups in total. The Morgan fingerprint density at radius 3 is 1.73 bits per heavy atom. The molecule has 0 bridgehead atoms. The lowest BCUT2D eigenvalue weighted by Crippen LogP contribution is -2.41. The summed E-state index contributed by atoms with van der Waals surface area (Å²) < 4.78 is 38.1. The molecule has 4 nitrogen and oxygen atoms in total. The molecule has 26 heavy (non-hydrogen) atoms. The van der Waals surface area contributed by atoms with E-state index in [-0.39, 0.29) is 0 Å². The maximum Gasteiger partial charge on any atom is 0.499 e. The van der Waals surface area contributed by atoms with E-state index in [1.54, 1.807) is 38.1 Å². The third kappa shape index (κ3) is 4.66. The van der Waals surface area contributed by atoms with Crippen LogP contribution in [0.3, 0.4) is 0 Å². The minimum absolute atomic E-state index is 0.356. The summed E-state index contributed by atoms with van der Waals surface area (Å²) in [6.07, 6.45) is 0. The molecule has 140 valence electrons. The van der Waals surface area contributed by atoms with Gasteiger partial charge in [0.25, 0.3) is 0 Å². The van der Waals surface area contributed by atoms with Crippen LogP contribution in [-0.2, 0) is 9.31 Å². The summed E-state index contributed by atoms with van der Waals surface area (Å²) in [6, 6.07) is 6.80. The first kappa shape index (κ1) is 20.9. The molecule has 3 heterocycles. The van der Waals surface area contributed by atoms with Crippen molar-refractivity contribution >= 4 is 28.5 Å². The quantitative estimate of drug-likeness (QED) is 0.508. The average molecular weight is 427 g/mol. The standard InChI is InChI=1S/C12H17BFNO2.C6H5BrFN/c1-8-6-7-9(10(14)15-8)13-16-11(2,3)12(4,5)17-13;1-4-2-3-5(7)6(8)9-4/h6-7H,1-5H3;2-3H,1H3. The summed E-state index contributed by atoms with van der Waals surface area (Å²) in [4.78, 5) is 7.35. The average Bonchev–Trinajstić information content (AvgIpc) is 2.72. The molecule has 1 saturated heterocycles. The third-order valence-electron chi connectivity index (χ3n) is 4.47. The second-order valence-electron chi connectivity index (χ2n) is 7.15. The van der Waals surface area contributed by atoms with Crippen LogP contribution in [0.2, 0.25) is 0 Å². The molecule has 0 radical (unpaired) electrons. The van der Waals surface area contributed by atoms with Crippen molar-refractivity contribution in [1.82, 2.24) is 9.97 Å². The number of pyridine rings is 2. The topological polar surface area (TPSA) is 44.2 Å². The molecule has 2 aromatic heterocycles. The number of rotatable bonds is 1. The summed E-state index contributed by atoms with van der Waals surface area (Å²) >= 11 is 2.99. The molecule has 0 aromatic carbocycles. The van der Waals surface area contributed by atoms with Crippen LogP contribution in [0.25, 0.3) is 0 Å². The van der Waals surface area contributed by atoms with Crippen LogP contribution in [-0.4, -0.2) is 28.3 Å². The normalized spacial score (nSPS) is 17.7. The summed E-state index contributed by atoms with van der Waals surface area (Å²) in [5.74, 6) is -0.974. The summed E-state index contributed by atoms with van der Waals surface area (Å²) in [5, 5.41) is 0. The highest BCUT2D eigenvalue weighted by Gasteiger charge is 2.52. The minimum Gasteiger partial charge on any atom is -0.399 e. The van der Waals surface area contributed by atoms with Gasteiger partial charge in [0.15, 0.2) is 0 Å². The molecule has 0 atom stereocenters. The van der Waals surface area contributed by atoms with Gasteiger partial charge in [0, 0.05) is 16.9 Å². The molecule has 8 heteroatoms. The lowest BCUT2D eigenvalue weighted by Gasteiger charge is -2.32. The van der Waals surface area contributed by atoms with Gasteiger partial charge in [-0.25, -0.2) is 9.97 Å². The van der Waals surface area contributed by atoms with E-state index in [4.69, 9.17) is 9.31 Å². The molecule has 0 spiro atoms. The van der Waals surface area contributed by atoms with Gasteiger partial charge in [-0.15, -0.1) is 0 Å². The van der Waals surface area contributed by atoms with Gasteiger partial charge in [-0.1, -0.05) is 6.07 Å². The lowest BCUT2D eigenvalue weighted by atomic mass is 9.80. The highest BCUT2D eigenvalue weighted by molar-refractivity contribution is 9.10. The first-order chi connectivity index (χ1) is 11.9. The largest absolute Gasteiger partial charge is 0.499 e. The van der Waals surface area contributed by atoms with Gasteiger partial charge in [-0.05, 0) is 75.7 Å². The zero-order valence-electron chi connectivity index (χ0n) is 15.7. The second kappa shape index (κ2) is 7.70. The molecule has 1 fully saturated rings. The van der Waals surface area contributed by atoms with Crippen molar-refractivity contribution in [2.24, 2.45) is 0 Å². The molecule has 0 amide bonds. The van der Waals surface area contributed by atoms with Gasteiger partial charge >= 0.3 is 7.12 Å². The fraction of sp³-hybridized carbons (Fsp3) is 0.444. The minimum atomic E-state index is -0.687. The van der Waals surface area contributed by atoms with Gasteiger partial charge in [-0.2, -0.15) is 8.78 Å². The number of halogens is 3. The van der Waals surface area contributed by atoms with Crippen LogP contribution in [0.4, 0.5) is 8.78 Å². The molecule has 1 aliphatic rings. The number of nitrogens with zero attached hydrogens (tertiary/aromatic N) is 2. The molecular formula is C18H22BBrF2N2O2. The van der Waals surface area contributed by atoms with Crippen molar-refractivity contribution in [1.29, 1.82) is 0 Å². The van der Waals surface area contributed by atoms with Crippen molar-refractivity contribution in [3.05, 3.63) is 52.0 Å². The van der Waals surface area contributed by atoms with Crippen LogP contribution in [0.5, 0.6) is 0 Å². The Kier molecular flexibility index (Phi) is 6.20. The first-order valence-corrected chi connectivity index (χ1v) is 8.99. The maximum absolute atomic E-state index is 13.7. The number of aryl methyl sites for hydroxylation is 2. The Morgan fingerprint density at radius 2 is 1.31 bits per heavy atom. The van der Waals surface area contributed by atoms with Crippen molar-refractivity contribution in [3.63, 3.8) is 0 Å². The fourth-order valence-corrected chi connectivity index (χ4v) is 2.41. The highest BCUT2D eigenvalue weighted by Crippen LogP contribution is 2.36. The maximum atomic E-state index is 13.7. The molecule has 0 unspecified atom stereocenters. The van der Waals surface area contributed by atoms with E-state index in [1.807, 2.05) is 27.7 Å².